The van der Waals surface area contributed by atoms with Gasteiger partial charge in [-0.2, -0.15) is 13.9 Å². The maximum Gasteiger partial charge on any atom is 0.290 e. The molecule has 2 atom stereocenters. The number of fused-ring (bicyclic) bond motifs is 2. The second-order valence-electron chi connectivity index (χ2n) is 8.76. The van der Waals surface area contributed by atoms with Gasteiger partial charge in [0.15, 0.2) is 0 Å². The molecule has 5 rings (SSSR count). The summed E-state index contributed by atoms with van der Waals surface area (Å²) in [6, 6.07) is 3.96. The van der Waals surface area contributed by atoms with E-state index >= 15 is 0 Å². The van der Waals surface area contributed by atoms with Crippen molar-refractivity contribution in [3.05, 3.63) is 53.2 Å². The molecule has 2 heterocycles. The lowest BCUT2D eigenvalue weighted by Gasteiger charge is -2.32. The van der Waals surface area contributed by atoms with Crippen LogP contribution < -0.4 is 10.6 Å². The number of halogens is 3. The van der Waals surface area contributed by atoms with Crippen molar-refractivity contribution in [1.29, 1.82) is 0 Å². The first-order valence-corrected chi connectivity index (χ1v) is 10.9. The Labute approximate surface area is 183 Å². The van der Waals surface area contributed by atoms with Crippen LogP contribution in [0.15, 0.2) is 30.6 Å². The van der Waals surface area contributed by atoms with Crippen molar-refractivity contribution in [2.45, 2.75) is 56.5 Å². The van der Waals surface area contributed by atoms with Crippen LogP contribution in [0.3, 0.4) is 0 Å². The molecule has 1 amide bonds. The Kier molecular flexibility index (Phi) is 5.06. The molecule has 3 aromatic rings. The van der Waals surface area contributed by atoms with Gasteiger partial charge in [0.25, 0.3) is 11.8 Å². The van der Waals surface area contributed by atoms with Gasteiger partial charge in [0.2, 0.25) is 0 Å². The first kappa shape index (κ1) is 20.8. The predicted octanol–water partition coefficient (Wildman–Crippen LogP) is 4.30. The van der Waals surface area contributed by atoms with Gasteiger partial charge in [-0.05, 0) is 50.3 Å². The number of hydrogen-bond acceptors (Lipinski definition) is 4. The lowest BCUT2D eigenvalue weighted by atomic mass is 9.90. The molecule has 1 aromatic carbocycles. The fraction of sp³-hybridized carbons (Fsp3) is 0.435. The van der Waals surface area contributed by atoms with E-state index < -0.39 is 11.7 Å². The van der Waals surface area contributed by atoms with Crippen molar-refractivity contribution >= 4 is 22.5 Å². The number of hydrogen-bond donors (Lipinski definition) is 2. The van der Waals surface area contributed by atoms with Gasteiger partial charge in [-0.25, -0.2) is 9.37 Å². The van der Waals surface area contributed by atoms with Crippen molar-refractivity contribution in [2.75, 3.05) is 5.32 Å². The van der Waals surface area contributed by atoms with Gasteiger partial charge in [0, 0.05) is 48.4 Å². The van der Waals surface area contributed by atoms with Gasteiger partial charge in [-0.15, -0.1) is 0 Å². The third-order valence-electron chi connectivity index (χ3n) is 6.41. The molecule has 32 heavy (non-hydrogen) atoms. The van der Waals surface area contributed by atoms with E-state index in [0.717, 1.165) is 19.3 Å². The molecule has 2 aliphatic rings. The molecule has 0 radical (unpaired) electrons. The van der Waals surface area contributed by atoms with E-state index in [1.54, 1.807) is 17.9 Å². The van der Waals surface area contributed by atoms with E-state index in [1.165, 1.54) is 24.4 Å². The first-order chi connectivity index (χ1) is 15.3. The van der Waals surface area contributed by atoms with Crippen molar-refractivity contribution in [2.24, 2.45) is 7.05 Å². The van der Waals surface area contributed by atoms with Crippen LogP contribution in [0.1, 0.15) is 53.7 Å². The number of amides is 1. The highest BCUT2D eigenvalue weighted by Gasteiger charge is 2.43. The molecule has 9 heteroatoms. The predicted molar refractivity (Wildman–Crippen MR) is 114 cm³/mol. The molecule has 2 aromatic heterocycles. The number of carbonyl (C=O) groups excluding carboxylic acids is 1. The van der Waals surface area contributed by atoms with Gasteiger partial charge in [0.1, 0.15) is 11.5 Å². The maximum absolute atomic E-state index is 14.5. The van der Waals surface area contributed by atoms with Crippen LogP contribution in [0.5, 0.6) is 0 Å². The Morgan fingerprint density at radius 1 is 1.25 bits per heavy atom. The topological polar surface area (TPSA) is 71.8 Å². The van der Waals surface area contributed by atoms with Crippen molar-refractivity contribution in [1.82, 2.24) is 20.1 Å². The van der Waals surface area contributed by atoms with Gasteiger partial charge in [-0.3, -0.25) is 9.48 Å². The van der Waals surface area contributed by atoms with E-state index in [4.69, 9.17) is 0 Å². The zero-order valence-electron chi connectivity index (χ0n) is 17.7. The number of alkyl halides is 2. The summed E-state index contributed by atoms with van der Waals surface area (Å²) >= 11 is 0. The number of aryl methyl sites for hydroxylation is 1. The van der Waals surface area contributed by atoms with Crippen molar-refractivity contribution in [3.63, 3.8) is 0 Å². The van der Waals surface area contributed by atoms with Gasteiger partial charge >= 0.3 is 0 Å². The average molecular weight is 443 g/mol. The highest BCUT2D eigenvalue weighted by atomic mass is 19.3. The molecule has 0 bridgehead atoms. The zero-order valence-corrected chi connectivity index (χ0v) is 17.7. The SMILES string of the molecule is Cn1cc(C(=O)N[C@@H]2CCC[C@H](Nc3c4c(nc5ccc(F)cc35)C(F)(F)CC4)C2)cn1. The number of carbonyl (C=O) groups is 1. The fourth-order valence-corrected chi connectivity index (χ4v) is 4.85. The molecule has 168 valence electrons. The Bertz CT molecular complexity index is 1190. The maximum atomic E-state index is 14.5. The highest BCUT2D eigenvalue weighted by molar-refractivity contribution is 5.94. The number of benzene rings is 1. The van der Waals surface area contributed by atoms with Crippen LogP contribution in [0.25, 0.3) is 10.9 Å². The summed E-state index contributed by atoms with van der Waals surface area (Å²) in [6.45, 7) is 0. The summed E-state index contributed by atoms with van der Waals surface area (Å²) < 4.78 is 44.5. The minimum absolute atomic E-state index is 0.0323. The number of pyridine rings is 1. The minimum atomic E-state index is -2.98. The minimum Gasteiger partial charge on any atom is -0.381 e. The summed E-state index contributed by atoms with van der Waals surface area (Å²) in [5.74, 6) is -3.60. The first-order valence-electron chi connectivity index (χ1n) is 10.9. The fourth-order valence-electron chi connectivity index (χ4n) is 4.85. The summed E-state index contributed by atoms with van der Waals surface area (Å²) in [6.07, 6.45) is 6.29. The van der Waals surface area contributed by atoms with E-state index in [0.29, 0.717) is 34.1 Å². The van der Waals surface area contributed by atoms with E-state index in [1.807, 2.05) is 0 Å². The quantitative estimate of drug-likeness (QED) is 0.631. The summed E-state index contributed by atoms with van der Waals surface area (Å²) in [5.41, 5.74) is 1.65. The molecule has 6 nitrogen and oxygen atoms in total. The third kappa shape index (κ3) is 3.80. The number of aromatic nitrogens is 3. The molecule has 2 aliphatic carbocycles. The molecule has 0 saturated heterocycles. The Balaban J connectivity index is 1.40. The van der Waals surface area contributed by atoms with Crippen molar-refractivity contribution in [3.8, 4) is 0 Å². The largest absolute Gasteiger partial charge is 0.381 e. The molecule has 0 aliphatic heterocycles. The molecule has 1 saturated carbocycles. The zero-order chi connectivity index (χ0) is 22.5. The molecular weight excluding hydrogens is 419 g/mol. The molecule has 2 N–H and O–H groups in total. The summed E-state index contributed by atoms with van der Waals surface area (Å²) in [4.78, 5) is 16.7. The molecule has 0 unspecified atom stereocenters. The van der Waals surface area contributed by atoms with Crippen LogP contribution >= 0.6 is 0 Å². The number of rotatable bonds is 4. The smallest absolute Gasteiger partial charge is 0.290 e. The second kappa shape index (κ2) is 7.79. The standard InChI is InChI=1S/C23H24F3N5O/c1-31-12-13(11-27-31)22(32)29-16-4-2-3-15(10-16)28-20-17-7-8-23(25,26)21(17)30-19-6-5-14(24)9-18(19)20/h5-6,9,11-12,15-16H,2-4,7-8,10H2,1H3,(H,28,30)(H,29,32)/t15-,16+/m0/s1. The second-order valence-corrected chi connectivity index (χ2v) is 8.76. The Morgan fingerprint density at radius 3 is 2.84 bits per heavy atom. The average Bonchev–Trinajstić information content (AvgIpc) is 3.32. The van der Waals surface area contributed by atoms with E-state index in [9.17, 15) is 18.0 Å². The summed E-state index contributed by atoms with van der Waals surface area (Å²) in [7, 11) is 1.75. The highest BCUT2D eigenvalue weighted by Crippen LogP contribution is 2.46. The number of nitrogens with one attached hydrogen (secondary N) is 2. The van der Waals surface area contributed by atoms with Gasteiger partial charge in [-0.1, -0.05) is 0 Å². The van der Waals surface area contributed by atoms with Crippen LogP contribution in [-0.2, 0) is 19.4 Å². The Morgan fingerprint density at radius 2 is 2.06 bits per heavy atom. The van der Waals surface area contributed by atoms with Crippen LogP contribution in [0.4, 0.5) is 18.9 Å². The lowest BCUT2D eigenvalue weighted by Crippen LogP contribution is -2.41. The van der Waals surface area contributed by atoms with Crippen molar-refractivity contribution < 1.29 is 18.0 Å². The summed E-state index contributed by atoms with van der Waals surface area (Å²) in [5, 5.41) is 11.0. The lowest BCUT2D eigenvalue weighted by molar-refractivity contribution is -0.00567. The molecule has 1 fully saturated rings. The van der Waals surface area contributed by atoms with Crippen LogP contribution in [0, 0.1) is 5.82 Å². The number of nitrogens with zero attached hydrogens (tertiary/aromatic N) is 3. The molecular formula is C23H24F3N5O. The van der Waals surface area contributed by atoms with E-state index in [-0.39, 0.29) is 36.5 Å². The monoisotopic (exact) mass is 443 g/mol. The van der Waals surface area contributed by atoms with Crippen LogP contribution in [-0.4, -0.2) is 32.8 Å². The number of anilines is 1. The van der Waals surface area contributed by atoms with E-state index in [2.05, 4.69) is 20.7 Å². The van der Waals surface area contributed by atoms with Gasteiger partial charge < -0.3 is 10.6 Å². The van der Waals surface area contributed by atoms with Crippen LogP contribution in [0.2, 0.25) is 0 Å². The normalized spacial score (nSPS) is 22.0. The Hall–Kier alpha value is -3.10. The van der Waals surface area contributed by atoms with Gasteiger partial charge in [0.05, 0.1) is 17.3 Å². The molecule has 0 spiro atoms. The third-order valence-corrected chi connectivity index (χ3v) is 6.41.